The predicted molar refractivity (Wildman–Crippen MR) is 137 cm³/mol. The molecule has 0 radical (unpaired) electrons. The first-order valence-corrected chi connectivity index (χ1v) is 11.3. The SMILES string of the molecule is CCOCCOc1cccc(C(=O)NC(=S)Nc2cccc(NC(=O)Cc3ccccc3)c2)c1. The molecule has 0 saturated heterocycles. The fourth-order valence-electron chi connectivity index (χ4n) is 3.09. The van der Waals surface area contributed by atoms with Crippen molar-refractivity contribution < 1.29 is 19.1 Å². The molecule has 0 aliphatic carbocycles. The molecule has 8 heteroatoms. The van der Waals surface area contributed by atoms with Gasteiger partial charge < -0.3 is 20.1 Å². The molecule has 0 saturated carbocycles. The van der Waals surface area contributed by atoms with Crippen LogP contribution in [0.4, 0.5) is 11.4 Å². The molecule has 0 bridgehead atoms. The Bertz CT molecular complexity index is 1120. The van der Waals surface area contributed by atoms with Gasteiger partial charge in [-0.2, -0.15) is 0 Å². The summed E-state index contributed by atoms with van der Waals surface area (Å²) in [6.07, 6.45) is 0.279. The first-order chi connectivity index (χ1) is 16.5. The lowest BCUT2D eigenvalue weighted by atomic mass is 10.1. The molecule has 0 aliphatic heterocycles. The maximum Gasteiger partial charge on any atom is 0.257 e. The normalized spacial score (nSPS) is 10.3. The average molecular weight is 478 g/mol. The van der Waals surface area contributed by atoms with Crippen LogP contribution in [0.15, 0.2) is 78.9 Å². The van der Waals surface area contributed by atoms with Crippen LogP contribution in [0.25, 0.3) is 0 Å². The van der Waals surface area contributed by atoms with Gasteiger partial charge in [-0.15, -0.1) is 0 Å². The number of carbonyl (C=O) groups is 2. The molecule has 7 nitrogen and oxygen atoms in total. The topological polar surface area (TPSA) is 88.7 Å². The zero-order chi connectivity index (χ0) is 24.2. The molecule has 0 aromatic heterocycles. The van der Waals surface area contributed by atoms with Crippen molar-refractivity contribution in [2.45, 2.75) is 13.3 Å². The second-order valence-electron chi connectivity index (χ2n) is 7.27. The molecule has 0 heterocycles. The van der Waals surface area contributed by atoms with E-state index in [2.05, 4.69) is 16.0 Å². The van der Waals surface area contributed by atoms with Crippen molar-refractivity contribution in [3.8, 4) is 5.75 Å². The van der Waals surface area contributed by atoms with Gasteiger partial charge in [0.25, 0.3) is 5.91 Å². The van der Waals surface area contributed by atoms with Gasteiger partial charge in [0.05, 0.1) is 13.0 Å². The number of rotatable bonds is 10. The Hall–Kier alpha value is -3.75. The highest BCUT2D eigenvalue weighted by Gasteiger charge is 2.10. The van der Waals surface area contributed by atoms with E-state index in [0.717, 1.165) is 5.56 Å². The fourth-order valence-corrected chi connectivity index (χ4v) is 3.30. The maximum absolute atomic E-state index is 12.6. The highest BCUT2D eigenvalue weighted by atomic mass is 32.1. The number of ether oxygens (including phenoxy) is 2. The van der Waals surface area contributed by atoms with Crippen molar-refractivity contribution in [3.63, 3.8) is 0 Å². The van der Waals surface area contributed by atoms with E-state index in [0.29, 0.717) is 42.5 Å². The summed E-state index contributed by atoms with van der Waals surface area (Å²) in [7, 11) is 0. The smallest absolute Gasteiger partial charge is 0.257 e. The third kappa shape index (κ3) is 8.31. The third-order valence-corrected chi connectivity index (χ3v) is 4.84. The van der Waals surface area contributed by atoms with Crippen LogP contribution in [0.1, 0.15) is 22.8 Å². The number of nitrogens with one attached hydrogen (secondary N) is 3. The molecule has 0 aliphatic rings. The molecule has 3 aromatic carbocycles. The van der Waals surface area contributed by atoms with Gasteiger partial charge in [0.2, 0.25) is 5.91 Å². The predicted octanol–water partition coefficient (Wildman–Crippen LogP) is 4.41. The molecule has 2 amide bonds. The van der Waals surface area contributed by atoms with E-state index < -0.39 is 0 Å². The largest absolute Gasteiger partial charge is 0.491 e. The molecule has 3 rings (SSSR count). The summed E-state index contributed by atoms with van der Waals surface area (Å²) in [4.78, 5) is 24.9. The number of anilines is 2. The van der Waals surface area contributed by atoms with E-state index in [1.54, 1.807) is 48.5 Å². The van der Waals surface area contributed by atoms with Crippen molar-refractivity contribution in [1.29, 1.82) is 0 Å². The van der Waals surface area contributed by atoms with E-state index >= 15 is 0 Å². The molecule has 3 N–H and O–H groups in total. The molecule has 3 aromatic rings. The summed E-state index contributed by atoms with van der Waals surface area (Å²) in [5.41, 5.74) is 2.61. The number of amides is 2. The van der Waals surface area contributed by atoms with Crippen molar-refractivity contribution in [2.75, 3.05) is 30.5 Å². The second-order valence-corrected chi connectivity index (χ2v) is 7.68. The maximum atomic E-state index is 12.6. The Morgan fingerprint density at radius 2 is 1.59 bits per heavy atom. The number of benzene rings is 3. The van der Waals surface area contributed by atoms with E-state index in [1.807, 2.05) is 37.3 Å². The van der Waals surface area contributed by atoms with Gasteiger partial charge >= 0.3 is 0 Å². The number of hydrogen-bond donors (Lipinski definition) is 3. The summed E-state index contributed by atoms with van der Waals surface area (Å²) >= 11 is 5.28. The zero-order valence-corrected chi connectivity index (χ0v) is 19.7. The number of carbonyl (C=O) groups excluding carboxylic acids is 2. The number of thiocarbonyl (C=S) groups is 1. The minimum atomic E-state index is -0.361. The van der Waals surface area contributed by atoms with E-state index in [-0.39, 0.29) is 23.3 Å². The molecule has 0 atom stereocenters. The van der Waals surface area contributed by atoms with Crippen molar-refractivity contribution in [3.05, 3.63) is 90.0 Å². The first kappa shape index (κ1) is 24.9. The van der Waals surface area contributed by atoms with Gasteiger partial charge in [0.15, 0.2) is 5.11 Å². The van der Waals surface area contributed by atoms with Gasteiger partial charge in [0.1, 0.15) is 12.4 Å². The molecule has 0 spiro atoms. The average Bonchev–Trinajstić information content (AvgIpc) is 2.83. The van der Waals surface area contributed by atoms with Crippen molar-refractivity contribution in [2.24, 2.45) is 0 Å². The van der Waals surface area contributed by atoms with Crippen LogP contribution in [0.3, 0.4) is 0 Å². The van der Waals surface area contributed by atoms with Gasteiger partial charge in [-0.3, -0.25) is 14.9 Å². The summed E-state index contributed by atoms with van der Waals surface area (Å²) in [5, 5.41) is 8.63. The zero-order valence-electron chi connectivity index (χ0n) is 18.9. The lowest BCUT2D eigenvalue weighted by Gasteiger charge is -2.12. The molecule has 176 valence electrons. The fraction of sp³-hybridized carbons (Fsp3) is 0.192. The van der Waals surface area contributed by atoms with Crippen LogP contribution in [-0.4, -0.2) is 36.7 Å². The minimum absolute atomic E-state index is 0.123. The Kier molecular flexibility index (Phi) is 9.57. The summed E-state index contributed by atoms with van der Waals surface area (Å²) in [6.45, 7) is 3.42. The summed E-state index contributed by atoms with van der Waals surface area (Å²) in [6, 6.07) is 23.5. The standard InChI is InChI=1S/C26H27N3O4S/c1-2-32-14-15-33-23-13-6-10-20(17-23)25(31)29-26(34)28-22-12-7-11-21(18-22)27-24(30)16-19-8-4-3-5-9-19/h3-13,17-18H,2,14-16H2,1H3,(H,27,30)(H2,28,29,31,34). The van der Waals surface area contributed by atoms with Crippen LogP contribution in [0, 0.1) is 0 Å². The van der Waals surface area contributed by atoms with Crippen LogP contribution in [0.2, 0.25) is 0 Å². The van der Waals surface area contributed by atoms with E-state index in [4.69, 9.17) is 21.7 Å². The monoisotopic (exact) mass is 477 g/mol. The highest BCUT2D eigenvalue weighted by Crippen LogP contribution is 2.16. The Labute approximate surface area is 204 Å². The molecule has 0 fully saturated rings. The van der Waals surface area contributed by atoms with Crippen LogP contribution >= 0.6 is 12.2 Å². The molecular weight excluding hydrogens is 450 g/mol. The molecular formula is C26H27N3O4S. The number of hydrogen-bond acceptors (Lipinski definition) is 5. The van der Waals surface area contributed by atoms with Crippen LogP contribution < -0.4 is 20.7 Å². The highest BCUT2D eigenvalue weighted by molar-refractivity contribution is 7.80. The van der Waals surface area contributed by atoms with Crippen molar-refractivity contribution in [1.82, 2.24) is 5.32 Å². The van der Waals surface area contributed by atoms with Gasteiger partial charge in [-0.25, -0.2) is 0 Å². The Balaban J connectivity index is 1.51. The van der Waals surface area contributed by atoms with Gasteiger partial charge in [-0.1, -0.05) is 42.5 Å². The van der Waals surface area contributed by atoms with E-state index in [9.17, 15) is 9.59 Å². The van der Waals surface area contributed by atoms with E-state index in [1.165, 1.54) is 0 Å². The summed E-state index contributed by atoms with van der Waals surface area (Å²) in [5.74, 6) is 0.0906. The van der Waals surface area contributed by atoms with Crippen LogP contribution in [-0.2, 0) is 16.0 Å². The molecule has 0 unspecified atom stereocenters. The first-order valence-electron chi connectivity index (χ1n) is 10.9. The quantitative estimate of drug-likeness (QED) is 0.296. The minimum Gasteiger partial charge on any atom is -0.491 e. The Morgan fingerprint density at radius 1 is 0.853 bits per heavy atom. The lowest BCUT2D eigenvalue weighted by Crippen LogP contribution is -2.34. The Morgan fingerprint density at radius 3 is 2.35 bits per heavy atom. The van der Waals surface area contributed by atoms with Crippen molar-refractivity contribution >= 4 is 40.5 Å². The summed E-state index contributed by atoms with van der Waals surface area (Å²) < 4.78 is 10.8. The second kappa shape index (κ2) is 13.1. The third-order valence-electron chi connectivity index (χ3n) is 4.64. The van der Waals surface area contributed by atoms with Crippen LogP contribution in [0.5, 0.6) is 5.75 Å². The lowest BCUT2D eigenvalue weighted by molar-refractivity contribution is -0.115. The van der Waals surface area contributed by atoms with Gasteiger partial charge in [-0.05, 0) is 61.1 Å². The van der Waals surface area contributed by atoms with Gasteiger partial charge in [0, 0.05) is 23.5 Å². The molecule has 34 heavy (non-hydrogen) atoms.